The number of hydrogen-bond donors (Lipinski definition) is 1. The number of hydrogen-bond acceptors (Lipinski definition) is 3. The third kappa shape index (κ3) is 4.57. The van der Waals surface area contributed by atoms with Crippen molar-refractivity contribution in [2.24, 2.45) is 0 Å². The minimum Gasteiger partial charge on any atom is -0.481 e. The lowest BCUT2D eigenvalue weighted by Crippen LogP contribution is -2.46. The first-order valence-corrected chi connectivity index (χ1v) is 5.86. The van der Waals surface area contributed by atoms with E-state index in [9.17, 15) is 9.59 Å². The number of carbonyl (C=O) groups excluding carboxylic acids is 2. The molecule has 0 bridgehead atoms. The highest BCUT2D eigenvalue weighted by molar-refractivity contribution is 5.81. The Hall–Kier alpha value is -1.84. The van der Waals surface area contributed by atoms with Gasteiger partial charge in [0.2, 0.25) is 0 Å². The van der Waals surface area contributed by atoms with E-state index in [4.69, 9.17) is 4.74 Å². The molecule has 1 unspecified atom stereocenters. The summed E-state index contributed by atoms with van der Waals surface area (Å²) < 4.78 is 5.49. The molecule has 4 nitrogen and oxygen atoms in total. The number of rotatable bonds is 4. The van der Waals surface area contributed by atoms with Crippen LogP contribution in [-0.4, -0.2) is 23.8 Å². The molecule has 1 amide bonds. The van der Waals surface area contributed by atoms with Crippen LogP contribution in [0.2, 0.25) is 0 Å². The molecule has 0 saturated heterocycles. The van der Waals surface area contributed by atoms with Gasteiger partial charge in [-0.05, 0) is 52.0 Å². The Morgan fingerprint density at radius 2 is 1.83 bits per heavy atom. The lowest BCUT2D eigenvalue weighted by Gasteiger charge is -2.23. The molecule has 0 radical (unpaired) electrons. The molecule has 0 aliphatic carbocycles. The molecule has 18 heavy (non-hydrogen) atoms. The number of aldehydes is 1. The standard InChI is InChI=1S/C14H19NO3/c1-10(13(17)15-14(2,3)4)18-12-7-5-11(9-16)6-8-12/h5-10H,1-4H3,(H,15,17). The van der Waals surface area contributed by atoms with Gasteiger partial charge in [-0.2, -0.15) is 0 Å². The second kappa shape index (κ2) is 5.67. The first-order chi connectivity index (χ1) is 8.31. The molecule has 4 heteroatoms. The van der Waals surface area contributed by atoms with Crippen molar-refractivity contribution in [2.75, 3.05) is 0 Å². The highest BCUT2D eigenvalue weighted by Crippen LogP contribution is 2.13. The van der Waals surface area contributed by atoms with Gasteiger partial charge in [0.1, 0.15) is 12.0 Å². The summed E-state index contributed by atoms with van der Waals surface area (Å²) in [4.78, 5) is 22.3. The fourth-order valence-electron chi connectivity index (χ4n) is 1.35. The van der Waals surface area contributed by atoms with Gasteiger partial charge in [-0.25, -0.2) is 0 Å². The van der Waals surface area contributed by atoms with Gasteiger partial charge in [0, 0.05) is 11.1 Å². The quantitative estimate of drug-likeness (QED) is 0.832. The second-order valence-electron chi connectivity index (χ2n) is 5.19. The smallest absolute Gasteiger partial charge is 0.261 e. The Balaban J connectivity index is 2.60. The minimum absolute atomic E-state index is 0.165. The molecule has 0 aliphatic rings. The molecule has 1 rings (SSSR count). The Kier molecular flexibility index (Phi) is 4.48. The Morgan fingerprint density at radius 3 is 2.28 bits per heavy atom. The number of carbonyl (C=O) groups is 2. The molecule has 0 fully saturated rings. The Morgan fingerprint density at radius 1 is 1.28 bits per heavy atom. The van der Waals surface area contributed by atoms with Crippen molar-refractivity contribution in [3.8, 4) is 5.75 Å². The molecule has 1 N–H and O–H groups in total. The molecular formula is C14H19NO3. The van der Waals surface area contributed by atoms with Gasteiger partial charge in [-0.15, -0.1) is 0 Å². The number of benzene rings is 1. The van der Waals surface area contributed by atoms with Crippen LogP contribution in [0.1, 0.15) is 38.1 Å². The minimum atomic E-state index is -0.577. The number of ether oxygens (including phenoxy) is 1. The van der Waals surface area contributed by atoms with Crippen molar-refractivity contribution in [3.05, 3.63) is 29.8 Å². The molecule has 0 aliphatic heterocycles. The first kappa shape index (κ1) is 14.2. The maximum Gasteiger partial charge on any atom is 0.261 e. The van der Waals surface area contributed by atoms with E-state index in [-0.39, 0.29) is 11.4 Å². The molecule has 1 atom stereocenters. The van der Waals surface area contributed by atoms with Crippen molar-refractivity contribution < 1.29 is 14.3 Å². The van der Waals surface area contributed by atoms with Gasteiger partial charge < -0.3 is 10.1 Å². The van der Waals surface area contributed by atoms with Crippen LogP contribution >= 0.6 is 0 Å². The molecule has 0 spiro atoms. The van der Waals surface area contributed by atoms with Crippen LogP contribution in [0.15, 0.2) is 24.3 Å². The Bertz CT molecular complexity index is 418. The van der Waals surface area contributed by atoms with Crippen LogP contribution in [0.3, 0.4) is 0 Å². The van der Waals surface area contributed by atoms with Crippen molar-refractivity contribution in [3.63, 3.8) is 0 Å². The Labute approximate surface area is 107 Å². The van der Waals surface area contributed by atoms with Crippen molar-refractivity contribution in [1.82, 2.24) is 5.32 Å². The zero-order chi connectivity index (χ0) is 13.8. The summed E-state index contributed by atoms with van der Waals surface area (Å²) >= 11 is 0. The highest BCUT2D eigenvalue weighted by Gasteiger charge is 2.20. The molecule has 0 aromatic heterocycles. The van der Waals surface area contributed by atoms with Crippen LogP contribution in [-0.2, 0) is 4.79 Å². The predicted octanol–water partition coefficient (Wildman–Crippen LogP) is 2.18. The van der Waals surface area contributed by atoms with E-state index < -0.39 is 6.10 Å². The first-order valence-electron chi connectivity index (χ1n) is 5.86. The molecular weight excluding hydrogens is 230 g/mol. The van der Waals surface area contributed by atoms with E-state index in [0.29, 0.717) is 11.3 Å². The SMILES string of the molecule is CC(Oc1ccc(C=O)cc1)C(=O)NC(C)(C)C. The predicted molar refractivity (Wildman–Crippen MR) is 69.8 cm³/mol. The zero-order valence-electron chi connectivity index (χ0n) is 11.2. The molecule has 1 aromatic carbocycles. The largest absolute Gasteiger partial charge is 0.481 e. The molecule has 98 valence electrons. The van der Waals surface area contributed by atoms with Gasteiger partial charge in [0.15, 0.2) is 6.10 Å². The summed E-state index contributed by atoms with van der Waals surface area (Å²) in [6.45, 7) is 7.43. The highest BCUT2D eigenvalue weighted by atomic mass is 16.5. The van der Waals surface area contributed by atoms with Gasteiger partial charge in [0.05, 0.1) is 0 Å². The van der Waals surface area contributed by atoms with Crippen LogP contribution in [0, 0.1) is 0 Å². The van der Waals surface area contributed by atoms with Crippen molar-refractivity contribution in [2.45, 2.75) is 39.3 Å². The topological polar surface area (TPSA) is 55.4 Å². The van der Waals surface area contributed by atoms with E-state index in [1.165, 1.54) is 0 Å². The number of amides is 1. The summed E-state index contributed by atoms with van der Waals surface area (Å²) in [5.41, 5.74) is 0.296. The summed E-state index contributed by atoms with van der Waals surface area (Å²) in [7, 11) is 0. The maximum absolute atomic E-state index is 11.8. The lowest BCUT2D eigenvalue weighted by molar-refractivity contribution is -0.128. The van der Waals surface area contributed by atoms with Gasteiger partial charge in [-0.3, -0.25) is 9.59 Å². The summed E-state index contributed by atoms with van der Waals surface area (Å²) in [6, 6.07) is 6.64. The van der Waals surface area contributed by atoms with E-state index >= 15 is 0 Å². The lowest BCUT2D eigenvalue weighted by atomic mass is 10.1. The van der Waals surface area contributed by atoms with E-state index in [1.807, 2.05) is 20.8 Å². The van der Waals surface area contributed by atoms with Gasteiger partial charge in [-0.1, -0.05) is 0 Å². The van der Waals surface area contributed by atoms with Gasteiger partial charge in [0.25, 0.3) is 5.91 Å². The maximum atomic E-state index is 11.8. The third-order valence-corrected chi connectivity index (χ3v) is 2.20. The molecule has 0 saturated carbocycles. The van der Waals surface area contributed by atoms with Crippen LogP contribution in [0.5, 0.6) is 5.75 Å². The number of nitrogens with one attached hydrogen (secondary N) is 1. The fourth-order valence-corrected chi connectivity index (χ4v) is 1.35. The van der Waals surface area contributed by atoms with E-state index in [0.717, 1.165) is 6.29 Å². The zero-order valence-corrected chi connectivity index (χ0v) is 11.2. The van der Waals surface area contributed by atoms with Crippen LogP contribution in [0.4, 0.5) is 0 Å². The van der Waals surface area contributed by atoms with Gasteiger partial charge >= 0.3 is 0 Å². The molecule has 0 heterocycles. The van der Waals surface area contributed by atoms with E-state index in [1.54, 1.807) is 31.2 Å². The normalized spacial score (nSPS) is 12.7. The van der Waals surface area contributed by atoms with Crippen molar-refractivity contribution in [1.29, 1.82) is 0 Å². The summed E-state index contributed by atoms with van der Waals surface area (Å²) in [6.07, 6.45) is 0.186. The second-order valence-corrected chi connectivity index (χ2v) is 5.19. The average molecular weight is 249 g/mol. The van der Waals surface area contributed by atoms with Crippen LogP contribution in [0.25, 0.3) is 0 Å². The third-order valence-electron chi connectivity index (χ3n) is 2.20. The summed E-state index contributed by atoms with van der Waals surface area (Å²) in [5, 5.41) is 2.84. The average Bonchev–Trinajstić information content (AvgIpc) is 2.27. The van der Waals surface area contributed by atoms with Crippen LogP contribution < -0.4 is 10.1 Å². The monoisotopic (exact) mass is 249 g/mol. The fraction of sp³-hybridized carbons (Fsp3) is 0.429. The molecule has 1 aromatic rings. The van der Waals surface area contributed by atoms with Crippen molar-refractivity contribution >= 4 is 12.2 Å². The van der Waals surface area contributed by atoms with E-state index in [2.05, 4.69) is 5.32 Å². The summed E-state index contributed by atoms with van der Waals surface area (Å²) in [5.74, 6) is 0.402.